The molecule has 0 fully saturated rings. The van der Waals surface area contributed by atoms with Crippen LogP contribution in [0.3, 0.4) is 0 Å². The number of hydrogen-bond donors (Lipinski definition) is 1. The highest BCUT2D eigenvalue weighted by molar-refractivity contribution is 7.97. The second kappa shape index (κ2) is 13.3. The van der Waals surface area contributed by atoms with Gasteiger partial charge in [-0.25, -0.2) is 0 Å². The van der Waals surface area contributed by atoms with E-state index in [-0.39, 0.29) is 6.17 Å². The molecule has 4 nitrogen and oxygen atoms in total. The monoisotopic (exact) mass is 650 g/mol. The quantitative estimate of drug-likeness (QED) is 0.175. The van der Waals surface area contributed by atoms with E-state index < -0.39 is 0 Å². The second-order valence-electron chi connectivity index (χ2n) is 11.9. The summed E-state index contributed by atoms with van der Waals surface area (Å²) in [6, 6.07) is 51.0. The third kappa shape index (κ3) is 5.79. The van der Waals surface area contributed by atoms with Crippen LogP contribution in [0.25, 0.3) is 44.4 Å². The number of allylic oxidation sites excluding steroid dienone is 1. The second-order valence-corrected chi connectivity index (χ2v) is 12.9. The van der Waals surface area contributed by atoms with E-state index in [0.717, 1.165) is 49.6 Å². The molecule has 0 bridgehead atoms. The molecule has 1 atom stereocenters. The number of fused-ring (bicyclic) bond motifs is 2. The number of aliphatic imine (C=N–C) groups is 1. The molecule has 5 heteroatoms. The van der Waals surface area contributed by atoms with Crippen molar-refractivity contribution in [1.82, 2.24) is 9.29 Å². The molecule has 2 heterocycles. The molecule has 1 aliphatic heterocycles. The summed E-state index contributed by atoms with van der Waals surface area (Å²) in [5, 5.41) is 8.52. The molecule has 7 aromatic rings. The SMILES string of the molecule is C=Cc1ccccc1Sn1cc(-c2c3ccccc3c(C3N=C(c4ccccc4)C=C(c4ccccc4)N3)c3ccccc23)cc/c1=N/C. The van der Waals surface area contributed by atoms with Gasteiger partial charge in [-0.2, -0.15) is 0 Å². The van der Waals surface area contributed by atoms with Crippen molar-refractivity contribution in [3.05, 3.63) is 192 Å². The first-order valence-corrected chi connectivity index (χ1v) is 17.1. The molecule has 0 amide bonds. The predicted octanol–water partition coefficient (Wildman–Crippen LogP) is 10.3. The van der Waals surface area contributed by atoms with E-state index in [2.05, 4.69) is 167 Å². The van der Waals surface area contributed by atoms with Gasteiger partial charge in [0.25, 0.3) is 0 Å². The van der Waals surface area contributed by atoms with Gasteiger partial charge in [-0.3, -0.25) is 14.0 Å². The van der Waals surface area contributed by atoms with Gasteiger partial charge in [-0.1, -0.05) is 140 Å². The molecule has 8 rings (SSSR count). The van der Waals surface area contributed by atoms with Crippen LogP contribution in [0.1, 0.15) is 28.4 Å². The predicted molar refractivity (Wildman–Crippen MR) is 207 cm³/mol. The van der Waals surface area contributed by atoms with Crippen molar-refractivity contribution in [2.24, 2.45) is 9.98 Å². The zero-order valence-electron chi connectivity index (χ0n) is 27.1. The highest BCUT2D eigenvalue weighted by Gasteiger charge is 2.25. The Bertz CT molecular complexity index is 2420. The number of aromatic nitrogens is 1. The molecule has 0 spiro atoms. The van der Waals surface area contributed by atoms with Gasteiger partial charge in [-0.15, -0.1) is 0 Å². The lowest BCUT2D eigenvalue weighted by atomic mass is 9.87. The zero-order valence-corrected chi connectivity index (χ0v) is 27.9. The van der Waals surface area contributed by atoms with Gasteiger partial charge in [-0.05, 0) is 80.0 Å². The smallest absolute Gasteiger partial charge is 0.146 e. The van der Waals surface area contributed by atoms with Crippen molar-refractivity contribution < 1.29 is 0 Å². The van der Waals surface area contributed by atoms with Gasteiger partial charge >= 0.3 is 0 Å². The van der Waals surface area contributed by atoms with Crippen molar-refractivity contribution >= 4 is 51.0 Å². The number of rotatable bonds is 7. The molecule has 1 N–H and O–H groups in total. The summed E-state index contributed by atoms with van der Waals surface area (Å²) >= 11 is 1.65. The first-order valence-electron chi connectivity index (χ1n) is 16.4. The minimum absolute atomic E-state index is 0.309. The van der Waals surface area contributed by atoms with Gasteiger partial charge < -0.3 is 5.32 Å². The Morgan fingerprint density at radius 3 is 1.92 bits per heavy atom. The maximum absolute atomic E-state index is 5.40. The average molecular weight is 651 g/mol. The van der Waals surface area contributed by atoms with Gasteiger partial charge in [0.05, 0.1) is 5.71 Å². The van der Waals surface area contributed by atoms with Crippen molar-refractivity contribution in [1.29, 1.82) is 0 Å². The number of benzene rings is 6. The number of nitrogens with zero attached hydrogens (tertiary/aromatic N) is 3. The number of pyridine rings is 1. The van der Waals surface area contributed by atoms with Crippen molar-refractivity contribution in [2.45, 2.75) is 11.1 Å². The van der Waals surface area contributed by atoms with E-state index in [1.807, 2.05) is 25.3 Å². The summed E-state index contributed by atoms with van der Waals surface area (Å²) in [6.07, 6.45) is 5.97. The van der Waals surface area contributed by atoms with E-state index in [1.165, 1.54) is 27.1 Å². The molecule has 236 valence electrons. The topological polar surface area (TPSA) is 41.7 Å². The van der Waals surface area contributed by atoms with Gasteiger partial charge in [0, 0.05) is 35.0 Å². The lowest BCUT2D eigenvalue weighted by molar-refractivity contribution is 0.674. The van der Waals surface area contributed by atoms with Crippen LogP contribution in [-0.4, -0.2) is 16.7 Å². The Labute approximate surface area is 290 Å². The van der Waals surface area contributed by atoms with E-state index in [4.69, 9.17) is 4.99 Å². The van der Waals surface area contributed by atoms with Crippen LogP contribution in [0.4, 0.5) is 0 Å². The van der Waals surface area contributed by atoms with Gasteiger partial charge in [0.2, 0.25) is 0 Å². The molecule has 49 heavy (non-hydrogen) atoms. The maximum Gasteiger partial charge on any atom is 0.146 e. The van der Waals surface area contributed by atoms with Crippen LogP contribution >= 0.6 is 11.9 Å². The fraction of sp³-hybridized carbons (Fsp3) is 0.0455. The summed E-state index contributed by atoms with van der Waals surface area (Å²) in [4.78, 5) is 11.1. The minimum Gasteiger partial charge on any atom is -0.359 e. The lowest BCUT2D eigenvalue weighted by Crippen LogP contribution is -2.25. The molecular formula is C44H34N4S. The van der Waals surface area contributed by atoms with Crippen LogP contribution in [-0.2, 0) is 0 Å². The van der Waals surface area contributed by atoms with Gasteiger partial charge in [0.1, 0.15) is 11.7 Å². The van der Waals surface area contributed by atoms with Crippen molar-refractivity contribution in [3.8, 4) is 11.1 Å². The first kappa shape index (κ1) is 30.4. The van der Waals surface area contributed by atoms with E-state index >= 15 is 0 Å². The molecule has 0 radical (unpaired) electrons. The Kier molecular flexibility index (Phi) is 8.26. The molecule has 1 aromatic heterocycles. The summed E-state index contributed by atoms with van der Waals surface area (Å²) in [7, 11) is 1.84. The molecule has 0 aliphatic carbocycles. The van der Waals surface area contributed by atoms with E-state index in [9.17, 15) is 0 Å². The van der Waals surface area contributed by atoms with E-state index in [1.54, 1.807) is 11.9 Å². The Hall–Kier alpha value is -5.91. The van der Waals surface area contributed by atoms with Gasteiger partial charge in [0.15, 0.2) is 0 Å². The van der Waals surface area contributed by atoms with Crippen LogP contribution in [0.15, 0.2) is 179 Å². The number of hydrogen-bond acceptors (Lipinski definition) is 4. The summed E-state index contributed by atoms with van der Waals surface area (Å²) in [5.74, 6) is 0. The Morgan fingerprint density at radius 2 is 1.27 bits per heavy atom. The highest BCUT2D eigenvalue weighted by Crippen LogP contribution is 2.43. The van der Waals surface area contributed by atoms with E-state index in [0.29, 0.717) is 0 Å². The summed E-state index contributed by atoms with van der Waals surface area (Å²) < 4.78 is 2.16. The largest absolute Gasteiger partial charge is 0.359 e. The molecule has 0 saturated carbocycles. The van der Waals surface area contributed by atoms with Crippen LogP contribution in [0.5, 0.6) is 0 Å². The third-order valence-electron chi connectivity index (χ3n) is 8.99. The molecule has 0 saturated heterocycles. The van der Waals surface area contributed by atoms with Crippen LogP contribution in [0.2, 0.25) is 0 Å². The minimum atomic E-state index is -0.309. The van der Waals surface area contributed by atoms with Crippen LogP contribution < -0.4 is 10.8 Å². The summed E-state index contributed by atoms with van der Waals surface area (Å²) in [5.41, 5.74) is 9.66. The maximum atomic E-state index is 5.40. The fourth-order valence-corrected chi connectivity index (χ4v) is 7.71. The standard InChI is InChI=1S/C44H34N4S/c1-3-30-16-10-15-25-40(30)49-48-29-33(26-27-41(48)45-2)42-34-21-11-13-23-36(34)43(37-24-14-12-22-35(37)42)44-46-38(31-17-6-4-7-18-31)28-39(47-44)32-19-8-5-9-20-32/h3-29,44,46H,1H2,2H3/b45-41-. The fourth-order valence-electron chi connectivity index (χ4n) is 6.70. The molecule has 6 aromatic carbocycles. The zero-order chi connectivity index (χ0) is 33.2. The number of nitrogens with one attached hydrogen (secondary N) is 1. The summed E-state index contributed by atoms with van der Waals surface area (Å²) in [6.45, 7) is 4.04. The third-order valence-corrected chi connectivity index (χ3v) is 10.0. The lowest BCUT2D eigenvalue weighted by Gasteiger charge is -2.28. The van der Waals surface area contributed by atoms with Crippen molar-refractivity contribution in [3.63, 3.8) is 0 Å². The molecule has 1 unspecified atom stereocenters. The average Bonchev–Trinajstić information content (AvgIpc) is 3.17. The molecule has 1 aliphatic rings. The van der Waals surface area contributed by atoms with Crippen molar-refractivity contribution in [2.75, 3.05) is 7.05 Å². The first-order chi connectivity index (χ1) is 24.2. The Balaban J connectivity index is 1.34. The highest BCUT2D eigenvalue weighted by atomic mass is 32.2. The van der Waals surface area contributed by atoms with Crippen LogP contribution in [0, 0.1) is 0 Å². The Morgan fingerprint density at radius 1 is 0.673 bits per heavy atom. The normalized spacial score (nSPS) is 14.7. The molecular weight excluding hydrogens is 617 g/mol.